The van der Waals surface area contributed by atoms with E-state index in [2.05, 4.69) is 10.6 Å². The number of aliphatic hydroxyl groups is 1. The van der Waals surface area contributed by atoms with Gasteiger partial charge in [-0.25, -0.2) is 0 Å². The van der Waals surface area contributed by atoms with Gasteiger partial charge in [-0.05, 0) is 47.9 Å². The van der Waals surface area contributed by atoms with E-state index in [1.807, 2.05) is 18.2 Å². The zero-order valence-corrected chi connectivity index (χ0v) is 15.0. The molecular formula is C20H24N2O4. The van der Waals surface area contributed by atoms with E-state index in [0.29, 0.717) is 22.6 Å². The molecule has 6 heteroatoms. The molecule has 26 heavy (non-hydrogen) atoms. The van der Waals surface area contributed by atoms with Crippen LogP contribution in [0.25, 0.3) is 0 Å². The highest BCUT2D eigenvalue weighted by Crippen LogP contribution is 2.26. The average molecular weight is 356 g/mol. The van der Waals surface area contributed by atoms with E-state index in [9.17, 15) is 9.90 Å². The van der Waals surface area contributed by atoms with Crippen LogP contribution < -0.4 is 20.1 Å². The number of carbonyl (C=O) groups excluding carboxylic acids is 1. The first-order valence-corrected chi connectivity index (χ1v) is 8.63. The molecule has 2 aromatic carbocycles. The second kappa shape index (κ2) is 8.21. The summed E-state index contributed by atoms with van der Waals surface area (Å²) in [4.78, 5) is 12.6. The number of rotatable bonds is 6. The molecule has 3 rings (SSSR count). The predicted molar refractivity (Wildman–Crippen MR) is 98.7 cm³/mol. The number of carbonyl (C=O) groups is 1. The first-order valence-electron chi connectivity index (χ1n) is 8.63. The summed E-state index contributed by atoms with van der Waals surface area (Å²) < 4.78 is 10.4. The lowest BCUT2D eigenvalue weighted by molar-refractivity contribution is 0.0915. The molecule has 138 valence electrons. The normalized spacial score (nSPS) is 14.3. The van der Waals surface area contributed by atoms with Crippen molar-refractivity contribution in [2.24, 2.45) is 0 Å². The molecule has 1 atom stereocenters. The topological polar surface area (TPSA) is 79.8 Å². The Morgan fingerprint density at radius 1 is 1.23 bits per heavy atom. The Hall–Kier alpha value is -2.57. The molecule has 1 aliphatic rings. The Morgan fingerprint density at radius 3 is 2.65 bits per heavy atom. The number of benzene rings is 2. The summed E-state index contributed by atoms with van der Waals surface area (Å²) >= 11 is 0. The minimum atomic E-state index is -0.857. The SMILES string of the molecule is COc1cc(OC)cc(C(O)CNC(=O)c2cccc3c2CCNC3)c1. The second-order valence-electron chi connectivity index (χ2n) is 6.24. The Balaban J connectivity index is 1.70. The molecule has 0 saturated heterocycles. The van der Waals surface area contributed by atoms with E-state index in [-0.39, 0.29) is 12.5 Å². The third-order valence-electron chi connectivity index (χ3n) is 4.60. The van der Waals surface area contributed by atoms with Gasteiger partial charge in [-0.2, -0.15) is 0 Å². The van der Waals surface area contributed by atoms with Crippen LogP contribution in [0.15, 0.2) is 36.4 Å². The number of aliphatic hydroxyl groups excluding tert-OH is 1. The van der Waals surface area contributed by atoms with E-state index < -0.39 is 6.10 Å². The fraction of sp³-hybridized carbons (Fsp3) is 0.350. The van der Waals surface area contributed by atoms with Crippen molar-refractivity contribution >= 4 is 5.91 Å². The smallest absolute Gasteiger partial charge is 0.251 e. The maximum Gasteiger partial charge on any atom is 0.251 e. The molecular weight excluding hydrogens is 332 g/mol. The minimum Gasteiger partial charge on any atom is -0.497 e. The molecule has 0 aromatic heterocycles. The standard InChI is InChI=1S/C20H24N2O4/c1-25-15-8-14(9-16(10-15)26-2)19(23)12-22-20(24)18-5-3-4-13-11-21-7-6-17(13)18/h3-5,8-10,19,21,23H,6-7,11-12H2,1-2H3,(H,22,24). The number of nitrogens with one attached hydrogen (secondary N) is 2. The summed E-state index contributed by atoms with van der Waals surface area (Å²) in [6, 6.07) is 11.0. The summed E-state index contributed by atoms with van der Waals surface area (Å²) in [5.41, 5.74) is 3.54. The molecule has 0 radical (unpaired) electrons. The van der Waals surface area contributed by atoms with Crippen LogP contribution in [-0.2, 0) is 13.0 Å². The summed E-state index contributed by atoms with van der Waals surface area (Å²) in [5.74, 6) is 1.02. The zero-order chi connectivity index (χ0) is 18.5. The molecule has 0 fully saturated rings. The molecule has 0 spiro atoms. The van der Waals surface area contributed by atoms with Gasteiger partial charge in [-0.3, -0.25) is 4.79 Å². The Kier molecular flexibility index (Phi) is 5.75. The van der Waals surface area contributed by atoms with Crippen LogP contribution in [0.5, 0.6) is 11.5 Å². The van der Waals surface area contributed by atoms with Crippen LogP contribution in [0.4, 0.5) is 0 Å². The summed E-state index contributed by atoms with van der Waals surface area (Å²) in [6.45, 7) is 1.75. The van der Waals surface area contributed by atoms with E-state index >= 15 is 0 Å². The lowest BCUT2D eigenvalue weighted by atomic mass is 9.95. The summed E-state index contributed by atoms with van der Waals surface area (Å²) in [7, 11) is 3.11. The molecule has 0 aliphatic carbocycles. The van der Waals surface area contributed by atoms with Gasteiger partial charge >= 0.3 is 0 Å². The van der Waals surface area contributed by atoms with Crippen molar-refractivity contribution in [3.05, 3.63) is 58.7 Å². The van der Waals surface area contributed by atoms with Crippen LogP contribution in [0.1, 0.15) is 33.2 Å². The van der Waals surface area contributed by atoms with Crippen LogP contribution in [0.3, 0.4) is 0 Å². The van der Waals surface area contributed by atoms with Crippen molar-refractivity contribution in [3.8, 4) is 11.5 Å². The van der Waals surface area contributed by atoms with Crippen molar-refractivity contribution in [2.45, 2.75) is 19.1 Å². The number of hydrogen-bond acceptors (Lipinski definition) is 5. The number of ether oxygens (including phenoxy) is 2. The molecule has 1 aliphatic heterocycles. The fourth-order valence-corrected chi connectivity index (χ4v) is 3.17. The van der Waals surface area contributed by atoms with Crippen molar-refractivity contribution in [1.82, 2.24) is 10.6 Å². The third kappa shape index (κ3) is 3.98. The van der Waals surface area contributed by atoms with Gasteiger partial charge in [-0.1, -0.05) is 12.1 Å². The van der Waals surface area contributed by atoms with Gasteiger partial charge in [0, 0.05) is 24.7 Å². The molecule has 0 bridgehead atoms. The second-order valence-corrected chi connectivity index (χ2v) is 6.24. The van der Waals surface area contributed by atoms with E-state index in [1.165, 1.54) is 0 Å². The maximum atomic E-state index is 12.6. The minimum absolute atomic E-state index is 0.108. The highest BCUT2D eigenvalue weighted by atomic mass is 16.5. The lowest BCUT2D eigenvalue weighted by Crippen LogP contribution is -2.31. The molecule has 1 amide bonds. The van der Waals surface area contributed by atoms with Crippen LogP contribution in [-0.4, -0.2) is 38.3 Å². The van der Waals surface area contributed by atoms with E-state index in [4.69, 9.17) is 9.47 Å². The first-order chi connectivity index (χ1) is 12.6. The molecule has 2 aromatic rings. The van der Waals surface area contributed by atoms with Gasteiger partial charge in [0.15, 0.2) is 0 Å². The molecule has 6 nitrogen and oxygen atoms in total. The molecule has 1 heterocycles. The fourth-order valence-electron chi connectivity index (χ4n) is 3.17. The first kappa shape index (κ1) is 18.2. The van der Waals surface area contributed by atoms with Crippen molar-refractivity contribution in [1.29, 1.82) is 0 Å². The van der Waals surface area contributed by atoms with Gasteiger partial charge in [0.05, 0.1) is 20.3 Å². The van der Waals surface area contributed by atoms with Crippen LogP contribution >= 0.6 is 0 Å². The monoisotopic (exact) mass is 356 g/mol. The van der Waals surface area contributed by atoms with Gasteiger partial charge in [0.1, 0.15) is 11.5 Å². The van der Waals surface area contributed by atoms with Crippen molar-refractivity contribution < 1.29 is 19.4 Å². The molecule has 1 unspecified atom stereocenters. The Bertz CT molecular complexity index is 769. The zero-order valence-electron chi connectivity index (χ0n) is 15.0. The molecule has 3 N–H and O–H groups in total. The summed E-state index contributed by atoms with van der Waals surface area (Å²) in [6.07, 6.45) is -0.0293. The number of amides is 1. The van der Waals surface area contributed by atoms with E-state index in [1.54, 1.807) is 32.4 Å². The number of hydrogen-bond donors (Lipinski definition) is 3. The number of fused-ring (bicyclic) bond motifs is 1. The Morgan fingerprint density at radius 2 is 1.96 bits per heavy atom. The van der Waals surface area contributed by atoms with Gasteiger partial charge in [0.2, 0.25) is 0 Å². The van der Waals surface area contributed by atoms with Gasteiger partial charge < -0.3 is 25.2 Å². The Labute approximate surface area is 153 Å². The number of methoxy groups -OCH3 is 2. The van der Waals surface area contributed by atoms with Crippen LogP contribution in [0, 0.1) is 0 Å². The highest BCUT2D eigenvalue weighted by molar-refractivity contribution is 5.96. The third-order valence-corrected chi connectivity index (χ3v) is 4.60. The van der Waals surface area contributed by atoms with Crippen molar-refractivity contribution in [3.63, 3.8) is 0 Å². The quantitative estimate of drug-likeness (QED) is 0.736. The van der Waals surface area contributed by atoms with Crippen LogP contribution in [0.2, 0.25) is 0 Å². The maximum absolute atomic E-state index is 12.6. The molecule has 0 saturated carbocycles. The summed E-state index contributed by atoms with van der Waals surface area (Å²) in [5, 5.41) is 16.6. The van der Waals surface area contributed by atoms with Gasteiger partial charge in [0.25, 0.3) is 5.91 Å². The van der Waals surface area contributed by atoms with Gasteiger partial charge in [-0.15, -0.1) is 0 Å². The highest BCUT2D eigenvalue weighted by Gasteiger charge is 2.18. The van der Waals surface area contributed by atoms with Crippen molar-refractivity contribution in [2.75, 3.05) is 27.3 Å². The van der Waals surface area contributed by atoms with E-state index in [0.717, 1.165) is 30.6 Å². The lowest BCUT2D eigenvalue weighted by Gasteiger charge is -2.20. The largest absolute Gasteiger partial charge is 0.497 e. The predicted octanol–water partition coefficient (Wildman–Crippen LogP) is 1.81. The average Bonchev–Trinajstić information content (AvgIpc) is 2.70.